The van der Waals surface area contributed by atoms with Crippen molar-refractivity contribution in [2.75, 3.05) is 6.61 Å². The first-order chi connectivity index (χ1) is 7.79. The van der Waals surface area contributed by atoms with Gasteiger partial charge in [-0.2, -0.15) is 13.2 Å². The van der Waals surface area contributed by atoms with Crippen LogP contribution in [-0.4, -0.2) is 23.9 Å². The zero-order valence-corrected chi connectivity index (χ0v) is 9.04. The molecule has 0 bridgehead atoms. The number of carboxylic acid groups (broad SMARTS) is 1. The fraction of sp³-hybridized carbons (Fsp3) is 0.364. The van der Waals surface area contributed by atoms with Crippen LogP contribution in [0.5, 0.6) is 5.75 Å². The molecule has 0 aliphatic rings. The fourth-order valence-electron chi connectivity index (χ4n) is 1.17. The van der Waals surface area contributed by atoms with Gasteiger partial charge in [0.25, 0.3) is 0 Å². The molecule has 0 saturated carbocycles. The standard InChI is InChI=1S/C11H11F3O3/c1-7-2-3-8(10(15)16)6-9(7)17-5-4-11(12,13)14/h2-3,6H,4-5H2,1H3,(H,15,16). The molecule has 0 heterocycles. The number of aromatic carboxylic acids is 1. The molecule has 0 aromatic heterocycles. The Balaban J connectivity index is 2.70. The summed E-state index contributed by atoms with van der Waals surface area (Å²) in [6.07, 6.45) is -5.35. The van der Waals surface area contributed by atoms with Gasteiger partial charge in [0, 0.05) is 0 Å². The number of hydrogen-bond acceptors (Lipinski definition) is 2. The van der Waals surface area contributed by atoms with Gasteiger partial charge in [0.1, 0.15) is 5.75 Å². The van der Waals surface area contributed by atoms with Crippen LogP contribution in [0.3, 0.4) is 0 Å². The summed E-state index contributed by atoms with van der Waals surface area (Å²) in [5, 5.41) is 8.72. The first kappa shape index (κ1) is 13.3. The summed E-state index contributed by atoms with van der Waals surface area (Å²) >= 11 is 0. The Kier molecular flexibility index (Phi) is 3.98. The van der Waals surface area contributed by atoms with Crippen molar-refractivity contribution >= 4 is 5.97 Å². The van der Waals surface area contributed by atoms with Gasteiger partial charge in [-0.15, -0.1) is 0 Å². The molecule has 17 heavy (non-hydrogen) atoms. The van der Waals surface area contributed by atoms with Crippen molar-refractivity contribution in [3.63, 3.8) is 0 Å². The molecule has 1 aromatic carbocycles. The maximum absolute atomic E-state index is 11.9. The minimum atomic E-state index is -4.28. The molecule has 0 atom stereocenters. The Morgan fingerprint density at radius 3 is 2.59 bits per heavy atom. The molecule has 1 rings (SSSR count). The summed E-state index contributed by atoms with van der Waals surface area (Å²) in [4.78, 5) is 10.7. The van der Waals surface area contributed by atoms with Crippen molar-refractivity contribution < 1.29 is 27.8 Å². The van der Waals surface area contributed by atoms with E-state index < -0.39 is 25.2 Å². The van der Waals surface area contributed by atoms with Gasteiger partial charge >= 0.3 is 12.1 Å². The van der Waals surface area contributed by atoms with Crippen molar-refractivity contribution in [3.8, 4) is 5.75 Å². The summed E-state index contributed by atoms with van der Waals surface area (Å²) in [5.74, 6) is -0.986. The second kappa shape index (κ2) is 5.07. The lowest BCUT2D eigenvalue weighted by atomic mass is 10.1. The highest BCUT2D eigenvalue weighted by Crippen LogP contribution is 2.23. The average Bonchev–Trinajstić information content (AvgIpc) is 2.18. The Bertz CT molecular complexity index is 413. The van der Waals surface area contributed by atoms with Crippen LogP contribution >= 0.6 is 0 Å². The van der Waals surface area contributed by atoms with E-state index in [2.05, 4.69) is 0 Å². The van der Waals surface area contributed by atoms with E-state index >= 15 is 0 Å². The summed E-state index contributed by atoms with van der Waals surface area (Å²) in [7, 11) is 0. The van der Waals surface area contributed by atoms with E-state index in [1.165, 1.54) is 18.2 Å². The van der Waals surface area contributed by atoms with Gasteiger partial charge in [0.15, 0.2) is 0 Å². The van der Waals surface area contributed by atoms with Crippen LogP contribution in [0, 0.1) is 6.92 Å². The smallest absolute Gasteiger partial charge is 0.392 e. The summed E-state index contributed by atoms with van der Waals surface area (Å²) < 4.78 is 40.6. The first-order valence-electron chi connectivity index (χ1n) is 4.83. The number of rotatable bonds is 4. The van der Waals surface area contributed by atoms with Gasteiger partial charge in [-0.25, -0.2) is 4.79 Å². The van der Waals surface area contributed by atoms with E-state index in [1.807, 2.05) is 0 Å². The largest absolute Gasteiger partial charge is 0.493 e. The zero-order valence-electron chi connectivity index (χ0n) is 9.04. The lowest BCUT2D eigenvalue weighted by Gasteiger charge is -2.11. The molecule has 0 radical (unpaired) electrons. The van der Waals surface area contributed by atoms with Crippen LogP contribution in [0.15, 0.2) is 18.2 Å². The van der Waals surface area contributed by atoms with Crippen LogP contribution in [0.2, 0.25) is 0 Å². The number of ether oxygens (including phenoxy) is 1. The molecule has 1 aromatic rings. The van der Waals surface area contributed by atoms with E-state index in [9.17, 15) is 18.0 Å². The van der Waals surface area contributed by atoms with Crippen LogP contribution < -0.4 is 4.74 Å². The van der Waals surface area contributed by atoms with Crippen molar-refractivity contribution in [2.24, 2.45) is 0 Å². The molecule has 0 aliphatic heterocycles. The van der Waals surface area contributed by atoms with E-state index in [0.29, 0.717) is 5.56 Å². The predicted molar refractivity (Wildman–Crippen MR) is 54.3 cm³/mol. The Morgan fingerprint density at radius 1 is 1.41 bits per heavy atom. The topological polar surface area (TPSA) is 46.5 Å². The molecular formula is C11H11F3O3. The lowest BCUT2D eigenvalue weighted by Crippen LogP contribution is -2.13. The molecule has 94 valence electrons. The molecule has 0 aliphatic carbocycles. The van der Waals surface area contributed by atoms with Crippen molar-refractivity contribution in [2.45, 2.75) is 19.5 Å². The maximum Gasteiger partial charge on any atom is 0.392 e. The number of alkyl halides is 3. The normalized spacial score (nSPS) is 11.3. The zero-order chi connectivity index (χ0) is 13.1. The molecule has 6 heteroatoms. The summed E-state index contributed by atoms with van der Waals surface area (Å²) in [6, 6.07) is 4.08. The molecule has 1 N–H and O–H groups in total. The van der Waals surface area contributed by atoms with Crippen LogP contribution in [0.4, 0.5) is 13.2 Å². The highest BCUT2D eigenvalue weighted by Gasteiger charge is 2.26. The minimum Gasteiger partial charge on any atom is -0.493 e. The summed E-state index contributed by atoms with van der Waals surface area (Å²) in [5.41, 5.74) is 0.579. The van der Waals surface area contributed by atoms with E-state index in [1.54, 1.807) is 6.92 Å². The monoisotopic (exact) mass is 248 g/mol. The third kappa shape index (κ3) is 4.34. The van der Waals surface area contributed by atoms with Crippen LogP contribution in [0.25, 0.3) is 0 Å². The quantitative estimate of drug-likeness (QED) is 0.890. The first-order valence-corrected chi connectivity index (χ1v) is 4.83. The van der Waals surface area contributed by atoms with E-state index in [0.717, 1.165) is 0 Å². The molecule has 0 saturated heterocycles. The van der Waals surface area contributed by atoms with Crippen molar-refractivity contribution in [1.82, 2.24) is 0 Å². The van der Waals surface area contributed by atoms with E-state index in [-0.39, 0.29) is 11.3 Å². The third-order valence-electron chi connectivity index (χ3n) is 2.08. The molecular weight excluding hydrogens is 237 g/mol. The van der Waals surface area contributed by atoms with Crippen molar-refractivity contribution in [1.29, 1.82) is 0 Å². The van der Waals surface area contributed by atoms with E-state index in [4.69, 9.17) is 9.84 Å². The number of halogens is 3. The second-order valence-corrected chi connectivity index (χ2v) is 3.50. The van der Waals surface area contributed by atoms with Crippen molar-refractivity contribution in [3.05, 3.63) is 29.3 Å². The average molecular weight is 248 g/mol. The molecule has 0 spiro atoms. The Morgan fingerprint density at radius 2 is 2.06 bits per heavy atom. The SMILES string of the molecule is Cc1ccc(C(=O)O)cc1OCCC(F)(F)F. The lowest BCUT2D eigenvalue weighted by molar-refractivity contribution is -0.139. The van der Waals surface area contributed by atoms with Gasteiger partial charge in [0.05, 0.1) is 18.6 Å². The fourth-order valence-corrected chi connectivity index (χ4v) is 1.17. The predicted octanol–water partition coefficient (Wildman–Crippen LogP) is 3.02. The number of carbonyl (C=O) groups is 1. The van der Waals surface area contributed by atoms with Crippen LogP contribution in [0.1, 0.15) is 22.3 Å². The molecule has 0 fully saturated rings. The van der Waals surface area contributed by atoms with Gasteiger partial charge in [-0.05, 0) is 24.6 Å². The molecule has 3 nitrogen and oxygen atoms in total. The Hall–Kier alpha value is -1.72. The number of carboxylic acids is 1. The highest BCUT2D eigenvalue weighted by atomic mass is 19.4. The van der Waals surface area contributed by atoms with Gasteiger partial charge < -0.3 is 9.84 Å². The highest BCUT2D eigenvalue weighted by molar-refractivity contribution is 5.88. The van der Waals surface area contributed by atoms with Crippen LogP contribution in [-0.2, 0) is 0 Å². The number of benzene rings is 1. The van der Waals surface area contributed by atoms with Gasteiger partial charge in [-0.3, -0.25) is 0 Å². The minimum absolute atomic E-state index is 0.0161. The van der Waals surface area contributed by atoms with Gasteiger partial charge in [-0.1, -0.05) is 6.07 Å². The maximum atomic E-state index is 11.9. The third-order valence-corrected chi connectivity index (χ3v) is 2.08. The second-order valence-electron chi connectivity index (χ2n) is 3.50. The molecule has 0 amide bonds. The Labute approximate surface area is 95.8 Å². The van der Waals surface area contributed by atoms with Gasteiger partial charge in [0.2, 0.25) is 0 Å². The number of hydrogen-bond donors (Lipinski definition) is 1. The number of aryl methyl sites for hydroxylation is 1. The molecule has 0 unspecified atom stereocenters. The summed E-state index contributed by atoms with van der Waals surface area (Å²) in [6.45, 7) is 1.11.